The fraction of sp³-hybridized carbons (Fsp3) is 0.688. The molecule has 4 atom stereocenters. The molecule has 3 aliphatic rings. The third-order valence-electron chi connectivity index (χ3n) is 5.14. The van der Waals surface area contributed by atoms with Gasteiger partial charge in [0, 0.05) is 11.5 Å². The minimum atomic E-state index is -0.334. The lowest BCUT2D eigenvalue weighted by Crippen LogP contribution is -2.25. The fourth-order valence-electron chi connectivity index (χ4n) is 3.54. The quantitative estimate of drug-likeness (QED) is 0.345. The first-order valence-corrected chi connectivity index (χ1v) is 7.33. The van der Waals surface area contributed by atoms with Crippen molar-refractivity contribution in [2.45, 2.75) is 57.3 Å². The minimum absolute atomic E-state index is 0.0284. The molecule has 4 heteroatoms. The number of allylic oxidation sites excluding steroid dienone is 1. The van der Waals surface area contributed by atoms with Gasteiger partial charge in [-0.15, -0.1) is 0 Å². The molecule has 20 heavy (non-hydrogen) atoms. The van der Waals surface area contributed by atoms with Crippen LogP contribution in [0.4, 0.5) is 0 Å². The molecule has 1 aliphatic carbocycles. The van der Waals surface area contributed by atoms with Gasteiger partial charge in [0.15, 0.2) is 0 Å². The smallest absolute Gasteiger partial charge is 0.334 e. The van der Waals surface area contributed by atoms with Crippen LogP contribution in [0.3, 0.4) is 0 Å². The van der Waals surface area contributed by atoms with Crippen molar-refractivity contribution >= 4 is 5.97 Å². The monoisotopic (exact) mass is 278 g/mol. The van der Waals surface area contributed by atoms with Gasteiger partial charge >= 0.3 is 5.97 Å². The summed E-state index contributed by atoms with van der Waals surface area (Å²) in [6.07, 6.45) is 3.55. The van der Waals surface area contributed by atoms with Gasteiger partial charge in [0.25, 0.3) is 0 Å². The lowest BCUT2D eigenvalue weighted by Gasteiger charge is -2.23. The molecule has 2 aliphatic heterocycles. The lowest BCUT2D eigenvalue weighted by molar-refractivity contribution is -0.138. The molecule has 0 aromatic carbocycles. The Balaban J connectivity index is 1.94. The van der Waals surface area contributed by atoms with Crippen molar-refractivity contribution in [3.8, 4) is 0 Å². The molecule has 1 N–H and O–H groups in total. The molecule has 2 saturated heterocycles. The molecule has 0 saturated carbocycles. The van der Waals surface area contributed by atoms with Gasteiger partial charge in [-0.2, -0.15) is 0 Å². The summed E-state index contributed by atoms with van der Waals surface area (Å²) in [6.45, 7) is 7.97. The minimum Gasteiger partial charge on any atom is -0.454 e. The Morgan fingerprint density at radius 2 is 2.20 bits per heavy atom. The van der Waals surface area contributed by atoms with Crippen molar-refractivity contribution in [3.05, 3.63) is 23.3 Å². The van der Waals surface area contributed by atoms with E-state index in [1.807, 2.05) is 6.92 Å². The molecule has 0 spiro atoms. The largest absolute Gasteiger partial charge is 0.454 e. The van der Waals surface area contributed by atoms with E-state index in [1.165, 1.54) is 0 Å². The maximum atomic E-state index is 11.8. The molecule has 0 aromatic rings. The third-order valence-corrected chi connectivity index (χ3v) is 5.14. The average Bonchev–Trinajstić information content (AvgIpc) is 2.98. The van der Waals surface area contributed by atoms with Gasteiger partial charge in [0.05, 0.1) is 18.3 Å². The molecule has 0 unspecified atom stereocenters. The molecule has 0 radical (unpaired) electrons. The average molecular weight is 278 g/mol. The van der Waals surface area contributed by atoms with Crippen molar-refractivity contribution in [3.63, 3.8) is 0 Å². The number of hydrogen-bond acceptors (Lipinski definition) is 4. The summed E-state index contributed by atoms with van der Waals surface area (Å²) >= 11 is 0. The first-order chi connectivity index (χ1) is 9.46. The SMILES string of the molecule is C=C1C(=O)O[C@@H]2/C(CO)=C(\C)CC[C@H]3O[C@]3(C)CC[C@@H]12. The Kier molecular flexibility index (Phi) is 3.26. The van der Waals surface area contributed by atoms with Crippen LogP contribution in [-0.4, -0.2) is 35.5 Å². The topological polar surface area (TPSA) is 59.1 Å². The highest BCUT2D eigenvalue weighted by Crippen LogP contribution is 2.47. The Labute approximate surface area is 119 Å². The first kappa shape index (κ1) is 13.8. The Morgan fingerprint density at radius 1 is 1.45 bits per heavy atom. The fourth-order valence-corrected chi connectivity index (χ4v) is 3.54. The molecule has 3 rings (SSSR count). The summed E-state index contributed by atoms with van der Waals surface area (Å²) < 4.78 is 11.3. The van der Waals surface area contributed by atoms with Gasteiger partial charge in [-0.05, 0) is 45.1 Å². The molecular weight excluding hydrogens is 256 g/mol. The molecule has 2 heterocycles. The normalized spacial score (nSPS) is 44.6. The van der Waals surface area contributed by atoms with Crippen molar-refractivity contribution in [2.75, 3.05) is 6.61 Å². The van der Waals surface area contributed by atoms with Crippen LogP contribution in [0, 0.1) is 5.92 Å². The molecule has 0 bridgehead atoms. The van der Waals surface area contributed by atoms with Crippen molar-refractivity contribution in [1.29, 1.82) is 0 Å². The van der Waals surface area contributed by atoms with E-state index in [1.54, 1.807) is 0 Å². The van der Waals surface area contributed by atoms with Crippen LogP contribution in [0.15, 0.2) is 23.3 Å². The van der Waals surface area contributed by atoms with E-state index >= 15 is 0 Å². The number of aliphatic hydroxyl groups excluding tert-OH is 1. The number of ether oxygens (including phenoxy) is 2. The summed E-state index contributed by atoms with van der Waals surface area (Å²) in [5.41, 5.74) is 2.46. The number of hydrogen-bond donors (Lipinski definition) is 1. The summed E-state index contributed by atoms with van der Waals surface area (Å²) in [7, 11) is 0. The van der Waals surface area contributed by atoms with E-state index in [9.17, 15) is 9.90 Å². The van der Waals surface area contributed by atoms with Crippen molar-refractivity contribution < 1.29 is 19.4 Å². The summed E-state index contributed by atoms with van der Waals surface area (Å²) in [5, 5.41) is 9.68. The van der Waals surface area contributed by atoms with Crippen LogP contribution >= 0.6 is 0 Å². The van der Waals surface area contributed by atoms with Gasteiger partial charge in [0.1, 0.15) is 6.10 Å². The van der Waals surface area contributed by atoms with Crippen LogP contribution in [-0.2, 0) is 14.3 Å². The van der Waals surface area contributed by atoms with Gasteiger partial charge < -0.3 is 14.6 Å². The Hall–Kier alpha value is -1.13. The number of epoxide rings is 1. The molecule has 4 nitrogen and oxygen atoms in total. The maximum Gasteiger partial charge on any atom is 0.334 e. The van der Waals surface area contributed by atoms with Crippen LogP contribution in [0.25, 0.3) is 0 Å². The van der Waals surface area contributed by atoms with Crippen molar-refractivity contribution in [1.82, 2.24) is 0 Å². The van der Waals surface area contributed by atoms with Gasteiger partial charge in [-0.1, -0.05) is 12.2 Å². The number of fused-ring (bicyclic) bond motifs is 2. The van der Waals surface area contributed by atoms with Gasteiger partial charge in [0.2, 0.25) is 0 Å². The van der Waals surface area contributed by atoms with E-state index in [2.05, 4.69) is 13.5 Å². The highest BCUT2D eigenvalue weighted by molar-refractivity contribution is 5.91. The van der Waals surface area contributed by atoms with E-state index in [-0.39, 0.29) is 30.2 Å². The zero-order chi connectivity index (χ0) is 14.5. The summed E-state index contributed by atoms with van der Waals surface area (Å²) in [6, 6.07) is 0. The number of esters is 1. The highest BCUT2D eigenvalue weighted by Gasteiger charge is 2.53. The van der Waals surface area contributed by atoms with Gasteiger partial charge in [-0.25, -0.2) is 4.79 Å². The maximum absolute atomic E-state index is 11.8. The summed E-state index contributed by atoms with van der Waals surface area (Å²) in [5.74, 6) is -0.351. The van der Waals surface area contributed by atoms with E-state index in [0.717, 1.165) is 36.8 Å². The standard InChI is InChI=1S/C16H22O4/c1-9-4-5-13-16(3,20-13)7-6-11-10(2)15(18)19-14(11)12(9)8-17/h11,13-14,17H,2,4-8H2,1,3H3/b12-9+/t11-,13+,14-,16+/m0/s1. The zero-order valence-corrected chi connectivity index (χ0v) is 12.1. The Bertz CT molecular complexity index is 493. The second kappa shape index (κ2) is 4.71. The predicted octanol–water partition coefficient (Wildman–Crippen LogP) is 2.12. The third kappa shape index (κ3) is 2.11. The number of carbonyl (C=O) groups is 1. The predicted molar refractivity (Wildman–Crippen MR) is 74.0 cm³/mol. The van der Waals surface area contributed by atoms with Crippen LogP contribution in [0.5, 0.6) is 0 Å². The Morgan fingerprint density at radius 3 is 2.90 bits per heavy atom. The molecule has 2 fully saturated rings. The molecular formula is C16H22O4. The zero-order valence-electron chi connectivity index (χ0n) is 12.1. The van der Waals surface area contributed by atoms with Gasteiger partial charge in [-0.3, -0.25) is 0 Å². The second-order valence-corrected chi connectivity index (χ2v) is 6.42. The number of carbonyl (C=O) groups excluding carboxylic acids is 1. The van der Waals surface area contributed by atoms with E-state index in [4.69, 9.17) is 9.47 Å². The van der Waals surface area contributed by atoms with Crippen molar-refractivity contribution in [2.24, 2.45) is 5.92 Å². The molecule has 110 valence electrons. The number of rotatable bonds is 1. The first-order valence-electron chi connectivity index (χ1n) is 7.33. The second-order valence-electron chi connectivity index (χ2n) is 6.42. The molecule has 0 aromatic heterocycles. The summed E-state index contributed by atoms with van der Waals surface area (Å²) in [4.78, 5) is 11.8. The van der Waals surface area contributed by atoms with Crippen LogP contribution < -0.4 is 0 Å². The van der Waals surface area contributed by atoms with Crippen LogP contribution in [0.1, 0.15) is 39.5 Å². The number of aliphatic hydroxyl groups is 1. The van der Waals surface area contributed by atoms with E-state index < -0.39 is 0 Å². The molecule has 0 amide bonds. The van der Waals surface area contributed by atoms with E-state index in [0.29, 0.717) is 11.7 Å². The van der Waals surface area contributed by atoms with Crippen LogP contribution in [0.2, 0.25) is 0 Å². The highest BCUT2D eigenvalue weighted by atomic mass is 16.6. The lowest BCUT2D eigenvalue weighted by atomic mass is 9.82.